The van der Waals surface area contributed by atoms with Gasteiger partial charge in [0.15, 0.2) is 0 Å². The van der Waals surface area contributed by atoms with Crippen LogP contribution in [0.5, 0.6) is 0 Å². The lowest BCUT2D eigenvalue weighted by molar-refractivity contribution is 0.160. The van der Waals surface area contributed by atoms with Crippen molar-refractivity contribution in [2.24, 2.45) is 0 Å². The Balaban J connectivity index is 1.41. The Kier molecular flexibility index (Phi) is 8.03. The normalized spacial score (nSPS) is 10.9. The second kappa shape index (κ2) is 11.2. The van der Waals surface area contributed by atoms with E-state index in [0.29, 0.717) is 61.2 Å². The number of anilines is 2. The highest BCUT2D eigenvalue weighted by Crippen LogP contribution is 2.26. The largest absolute Gasteiger partial charge is 0.449 e. The van der Waals surface area contributed by atoms with Gasteiger partial charge in [-0.3, -0.25) is 5.32 Å². The minimum atomic E-state index is -0.630. The Morgan fingerprint density at radius 2 is 1.46 bits per heavy atom. The van der Waals surface area contributed by atoms with Gasteiger partial charge in [-0.25, -0.2) is 19.1 Å². The summed E-state index contributed by atoms with van der Waals surface area (Å²) >= 11 is 23.9. The van der Waals surface area contributed by atoms with Crippen LogP contribution in [-0.4, -0.2) is 28.3 Å². The summed E-state index contributed by atoms with van der Waals surface area (Å²) in [7, 11) is 0. The third-order valence-corrected chi connectivity index (χ3v) is 6.43. The van der Waals surface area contributed by atoms with Crippen molar-refractivity contribution in [3.8, 4) is 0 Å². The molecule has 0 radical (unpaired) electrons. The summed E-state index contributed by atoms with van der Waals surface area (Å²) < 4.78 is 6.74. The standard InChI is InChI=1S/C24H18Cl4N4O3/c25-16-9-7-14(12-18(16)27)29-23(33)32-21-5-2-1-4-20(21)31-22(32)6-3-11-35-24(34)30-15-8-10-17(26)19(28)13-15/h1-2,4-5,7-10,12-13H,3,6,11H2,(H,29,33)(H,30,34). The second-order valence-electron chi connectivity index (χ2n) is 7.40. The molecule has 1 heterocycles. The van der Waals surface area contributed by atoms with Crippen LogP contribution < -0.4 is 10.6 Å². The van der Waals surface area contributed by atoms with Crippen LogP contribution in [0.2, 0.25) is 20.1 Å². The van der Waals surface area contributed by atoms with Crippen LogP contribution in [0.3, 0.4) is 0 Å². The molecule has 2 amide bonds. The lowest BCUT2D eigenvalue weighted by atomic mass is 10.3. The molecule has 11 heteroatoms. The first-order valence-corrected chi connectivity index (χ1v) is 11.9. The fraction of sp³-hybridized carbons (Fsp3) is 0.125. The summed E-state index contributed by atoms with van der Waals surface area (Å²) in [5, 5.41) is 6.83. The van der Waals surface area contributed by atoms with Crippen molar-refractivity contribution < 1.29 is 14.3 Å². The van der Waals surface area contributed by atoms with Gasteiger partial charge in [-0.1, -0.05) is 58.5 Å². The van der Waals surface area contributed by atoms with Crippen LogP contribution in [0.25, 0.3) is 11.0 Å². The average molecular weight is 552 g/mol. The second-order valence-corrected chi connectivity index (χ2v) is 9.03. The average Bonchev–Trinajstić information content (AvgIpc) is 3.20. The molecule has 7 nitrogen and oxygen atoms in total. The molecule has 3 aromatic carbocycles. The summed E-state index contributed by atoms with van der Waals surface area (Å²) in [6, 6.07) is 16.5. The number of carbonyl (C=O) groups is 2. The van der Waals surface area contributed by atoms with E-state index in [1.165, 1.54) is 10.6 Å². The van der Waals surface area contributed by atoms with Gasteiger partial charge in [0.25, 0.3) is 0 Å². The Morgan fingerprint density at radius 3 is 2.11 bits per heavy atom. The summed E-state index contributed by atoms with van der Waals surface area (Å²) in [5.74, 6) is 0.525. The zero-order valence-corrected chi connectivity index (χ0v) is 21.0. The summed E-state index contributed by atoms with van der Waals surface area (Å²) in [6.45, 7) is 0.116. The molecule has 4 aromatic rings. The van der Waals surface area contributed by atoms with Crippen LogP contribution in [0.1, 0.15) is 12.2 Å². The quantitative estimate of drug-likeness (QED) is 0.238. The van der Waals surface area contributed by atoms with Crippen molar-refractivity contribution in [2.75, 3.05) is 17.2 Å². The fourth-order valence-corrected chi connectivity index (χ4v) is 3.94. The van der Waals surface area contributed by atoms with E-state index in [4.69, 9.17) is 51.1 Å². The van der Waals surface area contributed by atoms with Gasteiger partial charge < -0.3 is 10.1 Å². The first-order chi connectivity index (χ1) is 16.8. The third-order valence-electron chi connectivity index (χ3n) is 4.95. The number of amides is 2. The van der Waals surface area contributed by atoms with E-state index in [1.54, 1.807) is 36.4 Å². The number of hydrogen-bond donors (Lipinski definition) is 2. The topological polar surface area (TPSA) is 85.2 Å². The molecule has 2 N–H and O–H groups in total. The zero-order chi connectivity index (χ0) is 24.9. The minimum absolute atomic E-state index is 0.116. The van der Waals surface area contributed by atoms with Crippen LogP contribution in [0.15, 0.2) is 60.7 Å². The van der Waals surface area contributed by atoms with Crippen LogP contribution >= 0.6 is 46.4 Å². The Bertz CT molecular complexity index is 1410. The molecule has 0 unspecified atom stereocenters. The number of rotatable bonds is 6. The van der Waals surface area contributed by atoms with Gasteiger partial charge in [0, 0.05) is 17.8 Å². The van der Waals surface area contributed by atoms with E-state index >= 15 is 0 Å². The van der Waals surface area contributed by atoms with Crippen LogP contribution in [0.4, 0.5) is 21.0 Å². The van der Waals surface area contributed by atoms with Crippen molar-refractivity contribution in [2.45, 2.75) is 12.8 Å². The highest BCUT2D eigenvalue weighted by Gasteiger charge is 2.17. The maximum Gasteiger partial charge on any atom is 0.411 e. The van der Waals surface area contributed by atoms with Crippen molar-refractivity contribution in [1.82, 2.24) is 9.55 Å². The van der Waals surface area contributed by atoms with Crippen molar-refractivity contribution in [1.29, 1.82) is 0 Å². The number of nitrogens with zero attached hydrogens (tertiary/aromatic N) is 2. The number of para-hydroxylation sites is 2. The molecule has 0 fully saturated rings. The van der Waals surface area contributed by atoms with Gasteiger partial charge >= 0.3 is 12.1 Å². The molecule has 35 heavy (non-hydrogen) atoms. The molecule has 0 spiro atoms. The Labute approximate surface area is 220 Å². The van der Waals surface area contributed by atoms with Gasteiger partial charge in [-0.05, 0) is 55.0 Å². The molecular weight excluding hydrogens is 534 g/mol. The minimum Gasteiger partial charge on any atom is -0.449 e. The van der Waals surface area contributed by atoms with E-state index in [-0.39, 0.29) is 6.61 Å². The number of benzene rings is 3. The summed E-state index contributed by atoms with van der Waals surface area (Å²) in [5.41, 5.74) is 2.28. The molecule has 4 rings (SSSR count). The Hall–Kier alpha value is -2.97. The van der Waals surface area contributed by atoms with Gasteiger partial charge in [-0.2, -0.15) is 0 Å². The van der Waals surface area contributed by atoms with E-state index < -0.39 is 12.1 Å². The van der Waals surface area contributed by atoms with Gasteiger partial charge in [-0.15, -0.1) is 0 Å². The number of halogens is 4. The molecule has 180 valence electrons. The molecular formula is C24H18Cl4N4O3. The van der Waals surface area contributed by atoms with Gasteiger partial charge in [0.1, 0.15) is 5.82 Å². The fourth-order valence-electron chi connectivity index (χ4n) is 3.35. The molecule has 0 aliphatic heterocycles. The number of aryl methyl sites for hydroxylation is 1. The summed E-state index contributed by atoms with van der Waals surface area (Å²) in [6.07, 6.45) is 0.205. The zero-order valence-electron chi connectivity index (χ0n) is 18.0. The lowest BCUT2D eigenvalue weighted by Crippen LogP contribution is -2.22. The van der Waals surface area contributed by atoms with Crippen molar-refractivity contribution in [3.05, 3.63) is 86.6 Å². The number of carbonyl (C=O) groups excluding carboxylic acids is 2. The van der Waals surface area contributed by atoms with Crippen LogP contribution in [-0.2, 0) is 11.2 Å². The molecule has 1 aromatic heterocycles. The van der Waals surface area contributed by atoms with Crippen LogP contribution in [0, 0.1) is 0 Å². The van der Waals surface area contributed by atoms with Crippen molar-refractivity contribution >= 4 is 80.9 Å². The third kappa shape index (κ3) is 6.18. The number of imidazole rings is 1. The highest BCUT2D eigenvalue weighted by molar-refractivity contribution is 6.42. The predicted molar refractivity (Wildman–Crippen MR) is 140 cm³/mol. The lowest BCUT2D eigenvalue weighted by Gasteiger charge is -2.11. The molecule has 0 atom stereocenters. The van der Waals surface area contributed by atoms with E-state index in [1.807, 2.05) is 18.2 Å². The maximum atomic E-state index is 13.1. The number of aromatic nitrogens is 2. The predicted octanol–water partition coefficient (Wildman–Crippen LogP) is 7.91. The van der Waals surface area contributed by atoms with E-state index in [9.17, 15) is 9.59 Å². The number of hydrogen-bond acceptors (Lipinski definition) is 4. The molecule has 0 aliphatic rings. The Morgan fingerprint density at radius 1 is 0.829 bits per heavy atom. The smallest absolute Gasteiger partial charge is 0.411 e. The first-order valence-electron chi connectivity index (χ1n) is 10.4. The van der Waals surface area contributed by atoms with Gasteiger partial charge in [0.05, 0.1) is 37.7 Å². The monoisotopic (exact) mass is 550 g/mol. The number of fused-ring (bicyclic) bond motifs is 1. The van der Waals surface area contributed by atoms with Gasteiger partial charge in [0.2, 0.25) is 0 Å². The molecule has 0 aliphatic carbocycles. The molecule has 0 saturated heterocycles. The van der Waals surface area contributed by atoms with E-state index in [2.05, 4.69) is 15.6 Å². The van der Waals surface area contributed by atoms with Crippen molar-refractivity contribution in [3.63, 3.8) is 0 Å². The number of nitrogens with one attached hydrogen (secondary N) is 2. The maximum absolute atomic E-state index is 13.1. The SMILES string of the molecule is O=C(Nc1ccc(Cl)c(Cl)c1)OCCCc1nc2ccccc2n1C(=O)Nc1ccc(Cl)c(Cl)c1. The summed E-state index contributed by atoms with van der Waals surface area (Å²) in [4.78, 5) is 29.8. The highest BCUT2D eigenvalue weighted by atomic mass is 35.5. The molecule has 0 bridgehead atoms. The van der Waals surface area contributed by atoms with E-state index in [0.717, 1.165) is 0 Å². The first kappa shape index (κ1) is 25.1. The number of ether oxygens (including phenoxy) is 1. The molecule has 0 saturated carbocycles.